The number of ether oxygens (including phenoxy) is 1. The summed E-state index contributed by atoms with van der Waals surface area (Å²) in [5.41, 5.74) is 5.49. The van der Waals surface area contributed by atoms with Gasteiger partial charge in [-0.3, -0.25) is 9.40 Å². The first kappa shape index (κ1) is 15.3. The van der Waals surface area contributed by atoms with Crippen molar-refractivity contribution in [3.8, 4) is 0 Å². The number of halogens is 1. The molecule has 1 aromatic carbocycles. The molecule has 0 fully saturated rings. The van der Waals surface area contributed by atoms with Crippen molar-refractivity contribution >= 4 is 21.4 Å². The van der Waals surface area contributed by atoms with Crippen LogP contribution >= 0.6 is 0 Å². The van der Waals surface area contributed by atoms with Crippen LogP contribution in [-0.2, 0) is 21.3 Å². The smallest absolute Gasteiger partial charge is 0.262 e. The molecule has 0 unspecified atom stereocenters. The average Bonchev–Trinajstić information content (AvgIpc) is 2.86. The van der Waals surface area contributed by atoms with E-state index in [1.165, 1.54) is 29.2 Å². The Morgan fingerprint density at radius 1 is 1.48 bits per heavy atom. The minimum atomic E-state index is -3.89. The molecular weight excluding hydrogens is 299 g/mol. The molecule has 21 heavy (non-hydrogen) atoms. The number of nitrogen functional groups attached to an aromatic ring is 1. The number of benzene rings is 1. The Balaban J connectivity index is 2.16. The number of sulfonamides is 1. The molecule has 0 aliphatic rings. The van der Waals surface area contributed by atoms with E-state index >= 15 is 0 Å². The first-order valence-corrected chi connectivity index (χ1v) is 7.50. The molecule has 0 spiro atoms. The Bertz CT molecular complexity index is 730. The zero-order chi connectivity index (χ0) is 15.5. The second kappa shape index (κ2) is 6.10. The van der Waals surface area contributed by atoms with Gasteiger partial charge in [-0.2, -0.15) is 5.10 Å². The van der Waals surface area contributed by atoms with Crippen molar-refractivity contribution in [2.24, 2.45) is 0 Å². The van der Waals surface area contributed by atoms with E-state index in [1.807, 2.05) is 0 Å². The quantitative estimate of drug-likeness (QED) is 0.777. The molecule has 0 saturated heterocycles. The van der Waals surface area contributed by atoms with E-state index in [-0.39, 0.29) is 16.3 Å². The summed E-state index contributed by atoms with van der Waals surface area (Å²) in [4.78, 5) is -0.209. The van der Waals surface area contributed by atoms with Crippen molar-refractivity contribution in [1.29, 1.82) is 0 Å². The number of anilines is 2. The summed E-state index contributed by atoms with van der Waals surface area (Å²) < 4.78 is 46.3. The summed E-state index contributed by atoms with van der Waals surface area (Å²) in [5.74, 6) is -0.784. The molecule has 114 valence electrons. The molecule has 0 amide bonds. The second-order valence-corrected chi connectivity index (χ2v) is 5.96. The number of nitrogens with one attached hydrogen (secondary N) is 1. The van der Waals surface area contributed by atoms with Crippen LogP contribution in [-0.4, -0.2) is 31.9 Å². The lowest BCUT2D eigenvalue weighted by atomic mass is 10.3. The molecule has 0 aliphatic heterocycles. The molecule has 0 bridgehead atoms. The number of methoxy groups -OCH3 is 1. The van der Waals surface area contributed by atoms with Gasteiger partial charge in [-0.05, 0) is 18.2 Å². The van der Waals surface area contributed by atoms with Gasteiger partial charge in [0.2, 0.25) is 0 Å². The Kier molecular flexibility index (Phi) is 4.43. The van der Waals surface area contributed by atoms with Crippen molar-refractivity contribution < 1.29 is 17.5 Å². The zero-order valence-electron chi connectivity index (χ0n) is 11.3. The van der Waals surface area contributed by atoms with Gasteiger partial charge in [-0.1, -0.05) is 0 Å². The topological polar surface area (TPSA) is 99.2 Å². The van der Waals surface area contributed by atoms with E-state index in [0.717, 1.165) is 6.07 Å². The normalized spacial score (nSPS) is 11.5. The minimum Gasteiger partial charge on any atom is -0.396 e. The summed E-state index contributed by atoms with van der Waals surface area (Å²) in [5, 5.41) is 3.98. The van der Waals surface area contributed by atoms with Crippen molar-refractivity contribution in [2.75, 3.05) is 24.2 Å². The van der Waals surface area contributed by atoms with Gasteiger partial charge >= 0.3 is 0 Å². The van der Waals surface area contributed by atoms with Gasteiger partial charge in [0.1, 0.15) is 5.82 Å². The summed E-state index contributed by atoms with van der Waals surface area (Å²) in [6.07, 6.45) is 2.88. The van der Waals surface area contributed by atoms with Crippen molar-refractivity contribution in [3.63, 3.8) is 0 Å². The number of aromatic nitrogens is 2. The van der Waals surface area contributed by atoms with E-state index < -0.39 is 15.8 Å². The van der Waals surface area contributed by atoms with Gasteiger partial charge in [0.15, 0.2) is 0 Å². The number of nitrogens with two attached hydrogens (primary N) is 1. The summed E-state index contributed by atoms with van der Waals surface area (Å²) >= 11 is 0. The monoisotopic (exact) mass is 314 g/mol. The number of hydrogen-bond acceptors (Lipinski definition) is 5. The molecule has 2 aromatic rings. The number of hydrogen-bond donors (Lipinski definition) is 2. The third kappa shape index (κ3) is 3.70. The van der Waals surface area contributed by atoms with Crippen LogP contribution in [0.3, 0.4) is 0 Å². The number of rotatable bonds is 6. The van der Waals surface area contributed by atoms with E-state index in [0.29, 0.717) is 13.2 Å². The summed E-state index contributed by atoms with van der Waals surface area (Å²) in [6.45, 7) is 0.950. The van der Waals surface area contributed by atoms with Crippen LogP contribution in [0.2, 0.25) is 0 Å². The second-order valence-electron chi connectivity index (χ2n) is 4.27. The van der Waals surface area contributed by atoms with Gasteiger partial charge in [-0.15, -0.1) is 0 Å². The predicted molar refractivity (Wildman–Crippen MR) is 75.7 cm³/mol. The zero-order valence-corrected chi connectivity index (χ0v) is 12.1. The molecule has 3 N–H and O–H groups in total. The lowest BCUT2D eigenvalue weighted by Gasteiger charge is -2.06. The first-order valence-electron chi connectivity index (χ1n) is 6.01. The SMILES string of the molecule is COCCn1cc(NS(=O)(=O)c2ccc(N)c(F)c2)cn1. The molecule has 0 radical (unpaired) electrons. The third-order valence-electron chi connectivity index (χ3n) is 2.69. The molecule has 2 rings (SSSR count). The molecule has 0 atom stereocenters. The Hall–Kier alpha value is -2.13. The fraction of sp³-hybridized carbons (Fsp3) is 0.250. The minimum absolute atomic E-state index is 0.110. The van der Waals surface area contributed by atoms with E-state index in [9.17, 15) is 12.8 Å². The molecule has 9 heteroatoms. The predicted octanol–water partition coefficient (Wildman–Crippen LogP) is 1.05. The molecule has 1 heterocycles. The van der Waals surface area contributed by atoms with Gasteiger partial charge in [0.05, 0.1) is 35.6 Å². The highest BCUT2D eigenvalue weighted by Gasteiger charge is 2.16. The lowest BCUT2D eigenvalue weighted by molar-refractivity contribution is 0.183. The van der Waals surface area contributed by atoms with Gasteiger partial charge in [0.25, 0.3) is 10.0 Å². The van der Waals surface area contributed by atoms with E-state index in [2.05, 4.69) is 9.82 Å². The van der Waals surface area contributed by atoms with Gasteiger partial charge < -0.3 is 10.5 Å². The maximum atomic E-state index is 13.3. The average molecular weight is 314 g/mol. The van der Waals surface area contributed by atoms with E-state index in [1.54, 1.807) is 7.11 Å². The van der Waals surface area contributed by atoms with Crippen LogP contribution in [0.1, 0.15) is 0 Å². The van der Waals surface area contributed by atoms with Gasteiger partial charge in [0, 0.05) is 13.3 Å². The fourth-order valence-electron chi connectivity index (χ4n) is 1.61. The number of nitrogens with zero attached hydrogens (tertiary/aromatic N) is 2. The molecule has 7 nitrogen and oxygen atoms in total. The fourth-order valence-corrected chi connectivity index (χ4v) is 2.65. The Labute approximate surface area is 121 Å². The Morgan fingerprint density at radius 3 is 2.90 bits per heavy atom. The van der Waals surface area contributed by atoms with E-state index in [4.69, 9.17) is 10.5 Å². The third-order valence-corrected chi connectivity index (χ3v) is 4.07. The molecule has 0 aliphatic carbocycles. The van der Waals surface area contributed by atoms with Gasteiger partial charge in [-0.25, -0.2) is 12.8 Å². The van der Waals surface area contributed by atoms with Crippen LogP contribution in [0, 0.1) is 5.82 Å². The summed E-state index contributed by atoms with van der Waals surface area (Å²) in [6, 6.07) is 3.30. The lowest BCUT2D eigenvalue weighted by Crippen LogP contribution is -2.13. The maximum absolute atomic E-state index is 13.3. The molecule has 1 aromatic heterocycles. The largest absolute Gasteiger partial charge is 0.396 e. The highest BCUT2D eigenvalue weighted by molar-refractivity contribution is 7.92. The summed E-state index contributed by atoms with van der Waals surface area (Å²) in [7, 11) is -2.33. The van der Waals surface area contributed by atoms with Crippen molar-refractivity contribution in [3.05, 3.63) is 36.4 Å². The highest BCUT2D eigenvalue weighted by Crippen LogP contribution is 2.19. The van der Waals surface area contributed by atoms with Crippen molar-refractivity contribution in [1.82, 2.24) is 9.78 Å². The van der Waals surface area contributed by atoms with Crippen LogP contribution in [0.4, 0.5) is 15.8 Å². The first-order chi connectivity index (χ1) is 9.92. The molecule has 0 saturated carbocycles. The van der Waals surface area contributed by atoms with Crippen molar-refractivity contribution in [2.45, 2.75) is 11.4 Å². The Morgan fingerprint density at radius 2 is 2.24 bits per heavy atom. The highest BCUT2D eigenvalue weighted by atomic mass is 32.2. The molecular formula is C12H15FN4O3S. The van der Waals surface area contributed by atoms with Crippen LogP contribution in [0.25, 0.3) is 0 Å². The van der Waals surface area contributed by atoms with Crippen LogP contribution in [0.5, 0.6) is 0 Å². The maximum Gasteiger partial charge on any atom is 0.262 e. The van der Waals surface area contributed by atoms with Crippen LogP contribution in [0.15, 0.2) is 35.5 Å². The standard InChI is InChI=1S/C12H15FN4O3S/c1-20-5-4-17-8-9(7-15-17)16-21(18,19)10-2-3-12(14)11(13)6-10/h2-3,6-8,16H,4-5,14H2,1H3. The van der Waals surface area contributed by atoms with Crippen LogP contribution < -0.4 is 10.5 Å².